The van der Waals surface area contributed by atoms with Gasteiger partial charge in [0.25, 0.3) is 5.91 Å². The molecule has 21 heavy (non-hydrogen) atoms. The van der Waals surface area contributed by atoms with E-state index in [2.05, 4.69) is 24.5 Å². The molecule has 2 unspecified atom stereocenters. The van der Waals surface area contributed by atoms with Crippen molar-refractivity contribution in [1.29, 1.82) is 0 Å². The predicted octanol–water partition coefficient (Wildman–Crippen LogP) is 3.20. The molecule has 118 valence electrons. The first-order valence-electron chi connectivity index (χ1n) is 7.70. The van der Waals surface area contributed by atoms with Crippen molar-refractivity contribution in [3.8, 4) is 0 Å². The summed E-state index contributed by atoms with van der Waals surface area (Å²) >= 11 is 1.37. The molecule has 0 aliphatic rings. The Morgan fingerprint density at radius 3 is 2.67 bits per heavy atom. The second-order valence-corrected chi connectivity index (χ2v) is 6.28. The summed E-state index contributed by atoms with van der Waals surface area (Å²) in [7, 11) is 0. The third-order valence-electron chi connectivity index (χ3n) is 3.59. The number of rotatable bonds is 9. The normalized spacial score (nSPS) is 13.5. The second kappa shape index (κ2) is 9.55. The van der Waals surface area contributed by atoms with Gasteiger partial charge in [-0.25, -0.2) is 0 Å². The van der Waals surface area contributed by atoms with E-state index >= 15 is 0 Å². The molecule has 1 aromatic heterocycles. The zero-order chi connectivity index (χ0) is 15.7. The van der Waals surface area contributed by atoms with Gasteiger partial charge in [0, 0.05) is 6.54 Å². The fourth-order valence-electron chi connectivity index (χ4n) is 2.08. The molecule has 0 aliphatic carbocycles. The Labute approximate surface area is 131 Å². The molecule has 1 rings (SSSR count). The van der Waals surface area contributed by atoms with Crippen LogP contribution in [0.15, 0.2) is 17.5 Å². The van der Waals surface area contributed by atoms with Crippen LogP contribution in [-0.2, 0) is 4.79 Å². The standard InChI is InChI=1S/C16H26N2O2S/c1-4-6-8-13(5-2)11-17-15(19)12(3)18-16(20)14-9-7-10-21-14/h7,9-10,12-13H,4-6,8,11H2,1-3H3,(H,17,19)(H,18,20). The topological polar surface area (TPSA) is 58.2 Å². The van der Waals surface area contributed by atoms with Gasteiger partial charge in [-0.1, -0.05) is 39.2 Å². The highest BCUT2D eigenvalue weighted by atomic mass is 32.1. The van der Waals surface area contributed by atoms with Crippen molar-refractivity contribution in [3.63, 3.8) is 0 Å². The van der Waals surface area contributed by atoms with Gasteiger partial charge in [0.05, 0.1) is 4.88 Å². The number of amides is 2. The number of carbonyl (C=O) groups excluding carboxylic acids is 2. The van der Waals surface area contributed by atoms with Crippen LogP contribution < -0.4 is 10.6 Å². The van der Waals surface area contributed by atoms with E-state index in [0.717, 1.165) is 12.8 Å². The Morgan fingerprint density at radius 2 is 2.10 bits per heavy atom. The molecular weight excluding hydrogens is 284 g/mol. The average Bonchev–Trinajstić information content (AvgIpc) is 3.01. The van der Waals surface area contributed by atoms with E-state index in [0.29, 0.717) is 17.3 Å². The largest absolute Gasteiger partial charge is 0.354 e. The van der Waals surface area contributed by atoms with Crippen molar-refractivity contribution < 1.29 is 9.59 Å². The van der Waals surface area contributed by atoms with Crippen LogP contribution in [0.25, 0.3) is 0 Å². The highest BCUT2D eigenvalue weighted by Gasteiger charge is 2.17. The molecule has 0 aliphatic heterocycles. The van der Waals surface area contributed by atoms with Crippen molar-refractivity contribution in [1.82, 2.24) is 10.6 Å². The maximum Gasteiger partial charge on any atom is 0.261 e. The minimum atomic E-state index is -0.511. The van der Waals surface area contributed by atoms with E-state index in [-0.39, 0.29) is 11.8 Å². The molecule has 1 aromatic rings. The van der Waals surface area contributed by atoms with E-state index in [1.165, 1.54) is 24.2 Å². The van der Waals surface area contributed by atoms with Gasteiger partial charge in [-0.3, -0.25) is 9.59 Å². The summed E-state index contributed by atoms with van der Waals surface area (Å²) in [6, 6.07) is 3.06. The third-order valence-corrected chi connectivity index (χ3v) is 4.46. The number of nitrogens with one attached hydrogen (secondary N) is 2. The summed E-state index contributed by atoms with van der Waals surface area (Å²) < 4.78 is 0. The summed E-state index contributed by atoms with van der Waals surface area (Å²) in [6.45, 7) is 6.73. The predicted molar refractivity (Wildman–Crippen MR) is 87.6 cm³/mol. The Hall–Kier alpha value is -1.36. The third kappa shape index (κ3) is 6.29. The SMILES string of the molecule is CCCCC(CC)CNC(=O)C(C)NC(=O)c1cccs1. The molecule has 0 aromatic carbocycles. The number of hydrogen-bond donors (Lipinski definition) is 2. The molecule has 2 amide bonds. The van der Waals surface area contributed by atoms with Crippen LogP contribution in [0.5, 0.6) is 0 Å². The second-order valence-electron chi connectivity index (χ2n) is 5.33. The van der Waals surface area contributed by atoms with Crippen molar-refractivity contribution in [2.75, 3.05) is 6.54 Å². The van der Waals surface area contributed by atoms with Crippen LogP contribution >= 0.6 is 11.3 Å². The molecule has 0 radical (unpaired) electrons. The van der Waals surface area contributed by atoms with Crippen molar-refractivity contribution in [3.05, 3.63) is 22.4 Å². The van der Waals surface area contributed by atoms with Crippen LogP contribution in [0.1, 0.15) is 56.1 Å². The van der Waals surface area contributed by atoms with Crippen molar-refractivity contribution in [2.45, 2.75) is 52.5 Å². The number of thiophene rings is 1. The van der Waals surface area contributed by atoms with Gasteiger partial charge < -0.3 is 10.6 Å². The van der Waals surface area contributed by atoms with E-state index in [4.69, 9.17) is 0 Å². The van der Waals surface area contributed by atoms with Gasteiger partial charge >= 0.3 is 0 Å². The fourth-order valence-corrected chi connectivity index (χ4v) is 2.71. The molecular formula is C16H26N2O2S. The van der Waals surface area contributed by atoms with Crippen LogP contribution in [-0.4, -0.2) is 24.4 Å². The van der Waals surface area contributed by atoms with E-state index < -0.39 is 6.04 Å². The molecule has 0 fully saturated rings. The summed E-state index contributed by atoms with van der Waals surface area (Å²) in [4.78, 5) is 24.5. The first kappa shape index (κ1) is 17.7. The molecule has 4 nitrogen and oxygen atoms in total. The first-order valence-corrected chi connectivity index (χ1v) is 8.58. The van der Waals surface area contributed by atoms with E-state index in [1.54, 1.807) is 13.0 Å². The summed E-state index contributed by atoms with van der Waals surface area (Å²) in [6.07, 6.45) is 4.58. The molecule has 1 heterocycles. The van der Waals surface area contributed by atoms with Gasteiger partial charge in [0.2, 0.25) is 5.91 Å². The minimum absolute atomic E-state index is 0.116. The zero-order valence-corrected chi connectivity index (χ0v) is 14.0. The Morgan fingerprint density at radius 1 is 1.33 bits per heavy atom. The maximum atomic E-state index is 12.0. The number of carbonyl (C=O) groups is 2. The molecule has 0 bridgehead atoms. The van der Waals surface area contributed by atoms with E-state index in [1.807, 2.05) is 11.4 Å². The Bertz CT molecular complexity index is 431. The summed E-state index contributed by atoms with van der Waals surface area (Å²) in [5.41, 5.74) is 0. The van der Waals surface area contributed by atoms with Gasteiger partial charge in [0.15, 0.2) is 0 Å². The van der Waals surface area contributed by atoms with E-state index in [9.17, 15) is 9.59 Å². The lowest BCUT2D eigenvalue weighted by Gasteiger charge is -2.18. The van der Waals surface area contributed by atoms with Crippen LogP contribution in [0, 0.1) is 5.92 Å². The smallest absolute Gasteiger partial charge is 0.261 e. The van der Waals surface area contributed by atoms with Crippen molar-refractivity contribution in [2.24, 2.45) is 5.92 Å². The van der Waals surface area contributed by atoms with Crippen LogP contribution in [0.3, 0.4) is 0 Å². The summed E-state index contributed by atoms with van der Waals surface area (Å²) in [5.74, 6) is 0.217. The molecule has 0 spiro atoms. The lowest BCUT2D eigenvalue weighted by molar-refractivity contribution is -0.122. The average molecular weight is 310 g/mol. The number of hydrogen-bond acceptors (Lipinski definition) is 3. The highest BCUT2D eigenvalue weighted by Crippen LogP contribution is 2.11. The van der Waals surface area contributed by atoms with Gasteiger partial charge in [-0.05, 0) is 30.7 Å². The van der Waals surface area contributed by atoms with Gasteiger partial charge in [-0.15, -0.1) is 11.3 Å². The molecule has 0 saturated heterocycles. The monoisotopic (exact) mass is 310 g/mol. The van der Waals surface area contributed by atoms with Crippen LogP contribution in [0.2, 0.25) is 0 Å². The number of unbranched alkanes of at least 4 members (excludes halogenated alkanes) is 1. The molecule has 2 atom stereocenters. The molecule has 5 heteroatoms. The maximum absolute atomic E-state index is 12.0. The van der Waals surface area contributed by atoms with Gasteiger partial charge in [-0.2, -0.15) is 0 Å². The van der Waals surface area contributed by atoms with Crippen molar-refractivity contribution >= 4 is 23.2 Å². The fraction of sp³-hybridized carbons (Fsp3) is 0.625. The van der Waals surface area contributed by atoms with Gasteiger partial charge in [0.1, 0.15) is 6.04 Å². The Kier molecular flexibility index (Phi) is 8.05. The minimum Gasteiger partial charge on any atom is -0.354 e. The molecule has 0 saturated carbocycles. The quantitative estimate of drug-likeness (QED) is 0.736. The lowest BCUT2D eigenvalue weighted by atomic mass is 9.99. The summed E-state index contributed by atoms with van der Waals surface area (Å²) in [5, 5.41) is 7.52. The Balaban J connectivity index is 2.35. The zero-order valence-electron chi connectivity index (χ0n) is 13.1. The molecule has 2 N–H and O–H groups in total. The first-order chi connectivity index (χ1) is 10.1. The van der Waals surface area contributed by atoms with Crippen LogP contribution in [0.4, 0.5) is 0 Å². The highest BCUT2D eigenvalue weighted by molar-refractivity contribution is 7.12. The lowest BCUT2D eigenvalue weighted by Crippen LogP contribution is -2.45.